The van der Waals surface area contributed by atoms with Gasteiger partial charge in [0.2, 0.25) is 0 Å². The van der Waals surface area contributed by atoms with Crippen molar-refractivity contribution in [3.05, 3.63) is 0 Å². The number of aliphatic hydroxyl groups is 1. The largest absolute Gasteiger partial charge is 0.472 e. The van der Waals surface area contributed by atoms with E-state index in [1.807, 2.05) is 0 Å². The van der Waals surface area contributed by atoms with Crippen LogP contribution >= 0.6 is 15.6 Å². The molecule has 0 amide bonds. The number of phosphoric ester groups is 2. The van der Waals surface area contributed by atoms with Crippen molar-refractivity contribution < 1.29 is 80.2 Å². The van der Waals surface area contributed by atoms with E-state index in [0.717, 1.165) is 108 Å². The van der Waals surface area contributed by atoms with Gasteiger partial charge in [-0.1, -0.05) is 331 Å². The van der Waals surface area contributed by atoms with Crippen molar-refractivity contribution in [1.82, 2.24) is 0 Å². The molecule has 19 heteroatoms. The number of rotatable bonds is 73. The second kappa shape index (κ2) is 65.7. The molecule has 3 unspecified atom stereocenters. The summed E-state index contributed by atoms with van der Waals surface area (Å²) in [6, 6.07) is 0. The van der Waals surface area contributed by atoms with Gasteiger partial charge in [0.25, 0.3) is 0 Å². The lowest BCUT2D eigenvalue weighted by Crippen LogP contribution is -2.30. The maximum Gasteiger partial charge on any atom is 0.472 e. The zero-order valence-corrected chi connectivity index (χ0v) is 63.2. The molecule has 0 radical (unpaired) electrons. The van der Waals surface area contributed by atoms with Crippen LogP contribution in [-0.2, 0) is 65.4 Å². The summed E-state index contributed by atoms with van der Waals surface area (Å²) in [7, 11) is -9.91. The van der Waals surface area contributed by atoms with Gasteiger partial charge < -0.3 is 33.8 Å². The summed E-state index contributed by atoms with van der Waals surface area (Å²) >= 11 is 0. The smallest absolute Gasteiger partial charge is 0.462 e. The first-order chi connectivity index (χ1) is 45.3. The molecule has 6 atom stereocenters. The van der Waals surface area contributed by atoms with Crippen LogP contribution < -0.4 is 0 Å². The number of carbonyl (C=O) groups excluding carboxylic acids is 4. The van der Waals surface area contributed by atoms with Gasteiger partial charge in [0.1, 0.15) is 19.3 Å². The minimum absolute atomic E-state index is 0.104. The molecule has 0 aromatic carbocycles. The molecular formula is C75H146O17P2. The van der Waals surface area contributed by atoms with Gasteiger partial charge in [-0.25, -0.2) is 9.13 Å². The lowest BCUT2D eigenvalue weighted by molar-refractivity contribution is -0.161. The third-order valence-electron chi connectivity index (χ3n) is 17.7. The molecule has 0 spiro atoms. The van der Waals surface area contributed by atoms with Gasteiger partial charge in [-0.3, -0.25) is 37.3 Å². The normalized spacial score (nSPS) is 14.4. The van der Waals surface area contributed by atoms with Crippen molar-refractivity contribution in [2.24, 2.45) is 17.8 Å². The summed E-state index contributed by atoms with van der Waals surface area (Å²) in [6.07, 6.45) is 51.3. The van der Waals surface area contributed by atoms with E-state index in [1.54, 1.807) is 0 Å². The summed E-state index contributed by atoms with van der Waals surface area (Å²) in [5.74, 6) is 0.226. The third-order valence-corrected chi connectivity index (χ3v) is 19.6. The average Bonchev–Trinajstić information content (AvgIpc) is 1.40. The molecule has 0 aliphatic rings. The molecule has 0 saturated heterocycles. The molecule has 0 aromatic heterocycles. The van der Waals surface area contributed by atoms with Gasteiger partial charge in [-0.05, 0) is 43.4 Å². The number of phosphoric acid groups is 2. The highest BCUT2D eigenvalue weighted by Crippen LogP contribution is 2.45. The molecule has 0 rings (SSSR count). The maximum atomic E-state index is 13.1. The Labute approximate surface area is 575 Å². The maximum absolute atomic E-state index is 13.1. The van der Waals surface area contributed by atoms with Crippen LogP contribution in [0.15, 0.2) is 0 Å². The minimum atomic E-state index is -4.96. The fraction of sp³-hybridized carbons (Fsp3) is 0.947. The Hall–Kier alpha value is -1.94. The van der Waals surface area contributed by atoms with E-state index in [2.05, 4.69) is 48.5 Å². The standard InChI is InChI=1S/C75H146O17P2/c1-8-10-11-12-13-14-27-35-42-49-56-72(77)85-63-71(92-75(80)59-52-45-38-31-30-33-40-47-54-67(5)6)65-90-94(83,84)88-61-69(76)60-87-93(81,82)89-64-70(62-86-73(78)57-50-43-36-28-23-20-19-21-25-32-39-46-53-66(3)4)91-74(79)58-51-44-37-29-24-18-16-15-17-22-26-34-41-48-55-68(7)9-2/h66-71,76H,8-65H2,1-7H3,(H,81,82)(H,83,84)/t68?,69-,70-,71-/m1/s1. The number of hydrogen-bond acceptors (Lipinski definition) is 15. The van der Waals surface area contributed by atoms with Gasteiger partial charge in [0.05, 0.1) is 26.4 Å². The molecule has 558 valence electrons. The van der Waals surface area contributed by atoms with Gasteiger partial charge in [0.15, 0.2) is 12.2 Å². The van der Waals surface area contributed by atoms with Crippen molar-refractivity contribution in [3.63, 3.8) is 0 Å². The second-order valence-corrected chi connectivity index (χ2v) is 31.1. The molecule has 0 saturated carbocycles. The monoisotopic (exact) mass is 1380 g/mol. The van der Waals surface area contributed by atoms with Gasteiger partial charge in [-0.15, -0.1) is 0 Å². The van der Waals surface area contributed by atoms with E-state index in [1.165, 1.54) is 193 Å². The number of ether oxygens (including phenoxy) is 4. The lowest BCUT2D eigenvalue weighted by Gasteiger charge is -2.21. The quantitative estimate of drug-likeness (QED) is 0.0222. The summed E-state index contributed by atoms with van der Waals surface area (Å²) in [4.78, 5) is 72.7. The predicted molar refractivity (Wildman–Crippen MR) is 381 cm³/mol. The highest BCUT2D eigenvalue weighted by Gasteiger charge is 2.30. The van der Waals surface area contributed by atoms with Gasteiger partial charge in [0, 0.05) is 25.7 Å². The first kappa shape index (κ1) is 92.1. The van der Waals surface area contributed by atoms with Crippen molar-refractivity contribution >= 4 is 39.5 Å². The fourth-order valence-corrected chi connectivity index (χ4v) is 13.0. The van der Waals surface area contributed by atoms with Crippen LogP contribution in [0, 0.1) is 17.8 Å². The van der Waals surface area contributed by atoms with E-state index in [0.29, 0.717) is 25.7 Å². The minimum Gasteiger partial charge on any atom is -0.462 e. The van der Waals surface area contributed by atoms with Crippen LogP contribution in [0.5, 0.6) is 0 Å². The summed E-state index contributed by atoms with van der Waals surface area (Å²) in [5.41, 5.74) is 0. The SMILES string of the molecule is CCCCCCCCCCCCC(=O)OC[C@H](COP(=O)(O)OC[C@H](O)COP(=O)(O)OC[C@@H](COC(=O)CCCCCCCCCCCCCCC(C)C)OC(=O)CCCCCCCCCCCCCCCCC(C)CC)OC(=O)CCCCCCCCCCC(C)C. The highest BCUT2D eigenvalue weighted by molar-refractivity contribution is 7.47. The summed E-state index contributed by atoms with van der Waals surface area (Å²) in [6.45, 7) is 11.9. The third kappa shape index (κ3) is 67.3. The Bertz CT molecular complexity index is 1840. The number of esters is 4. The Morgan fingerprint density at radius 1 is 0.309 bits per heavy atom. The van der Waals surface area contributed by atoms with Crippen LogP contribution in [0.2, 0.25) is 0 Å². The highest BCUT2D eigenvalue weighted by atomic mass is 31.2. The number of aliphatic hydroxyl groups excluding tert-OH is 1. The summed E-state index contributed by atoms with van der Waals surface area (Å²) < 4.78 is 68.5. The molecule has 17 nitrogen and oxygen atoms in total. The van der Waals surface area contributed by atoms with Gasteiger partial charge in [-0.2, -0.15) is 0 Å². The van der Waals surface area contributed by atoms with Crippen LogP contribution in [0.4, 0.5) is 0 Å². The molecule has 3 N–H and O–H groups in total. The zero-order valence-electron chi connectivity index (χ0n) is 61.4. The lowest BCUT2D eigenvalue weighted by atomic mass is 9.99. The molecule has 0 aliphatic heterocycles. The number of hydrogen-bond donors (Lipinski definition) is 3. The van der Waals surface area contributed by atoms with E-state index in [4.69, 9.17) is 37.0 Å². The van der Waals surface area contributed by atoms with Crippen molar-refractivity contribution in [3.8, 4) is 0 Å². The van der Waals surface area contributed by atoms with Crippen LogP contribution in [0.1, 0.15) is 382 Å². The summed E-state index contributed by atoms with van der Waals surface area (Å²) in [5, 5.41) is 10.6. The molecular weight excluding hydrogens is 1230 g/mol. The Morgan fingerprint density at radius 2 is 0.543 bits per heavy atom. The molecule has 0 bridgehead atoms. The van der Waals surface area contributed by atoms with Crippen LogP contribution in [-0.4, -0.2) is 96.7 Å². The molecule has 0 aliphatic carbocycles. The number of carbonyl (C=O) groups is 4. The van der Waals surface area contributed by atoms with E-state index < -0.39 is 97.5 Å². The first-order valence-electron chi connectivity index (χ1n) is 38.9. The number of unbranched alkanes of at least 4 members (excludes halogenated alkanes) is 40. The average molecular weight is 1380 g/mol. The second-order valence-electron chi connectivity index (χ2n) is 28.2. The molecule has 94 heavy (non-hydrogen) atoms. The van der Waals surface area contributed by atoms with Gasteiger partial charge >= 0.3 is 39.5 Å². The van der Waals surface area contributed by atoms with E-state index in [9.17, 15) is 43.2 Å². The van der Waals surface area contributed by atoms with E-state index in [-0.39, 0.29) is 25.7 Å². The topological polar surface area (TPSA) is 237 Å². The Morgan fingerprint density at radius 3 is 0.809 bits per heavy atom. The Kier molecular flexibility index (Phi) is 64.3. The van der Waals surface area contributed by atoms with E-state index >= 15 is 0 Å². The molecule has 0 aromatic rings. The predicted octanol–water partition coefficient (Wildman–Crippen LogP) is 21.8. The van der Waals surface area contributed by atoms with Crippen molar-refractivity contribution in [2.45, 2.75) is 401 Å². The molecule has 0 fully saturated rings. The fourth-order valence-electron chi connectivity index (χ4n) is 11.4. The van der Waals surface area contributed by atoms with Crippen LogP contribution in [0.25, 0.3) is 0 Å². The van der Waals surface area contributed by atoms with Crippen LogP contribution in [0.3, 0.4) is 0 Å². The molecule has 0 heterocycles. The zero-order chi connectivity index (χ0) is 69.4. The van der Waals surface area contributed by atoms with Crippen molar-refractivity contribution in [1.29, 1.82) is 0 Å². The van der Waals surface area contributed by atoms with Crippen molar-refractivity contribution in [2.75, 3.05) is 39.6 Å². The first-order valence-corrected chi connectivity index (χ1v) is 41.9. The Balaban J connectivity index is 5.24.